The van der Waals surface area contributed by atoms with Gasteiger partial charge in [-0.25, -0.2) is 9.78 Å². The van der Waals surface area contributed by atoms with E-state index in [9.17, 15) is 22.8 Å². The van der Waals surface area contributed by atoms with Crippen LogP contribution in [0.4, 0.5) is 13.2 Å². The Hall–Kier alpha value is -2.29. The molecule has 0 amide bonds. The number of hydrogen-bond donors (Lipinski definition) is 0. The standard InChI is InChI=1S/C18H19F3N2O3S/c1-11(2)8-9-27-17-22-10-14(16(25)26-3)15(24)23(17)13-6-4-12(5-7-13)18(19,20)21/h4-7,10-11H,8-9H2,1-3H3. The molecule has 0 fully saturated rings. The predicted molar refractivity (Wildman–Crippen MR) is 96.4 cm³/mol. The van der Waals surface area contributed by atoms with Gasteiger partial charge in [0.15, 0.2) is 5.16 Å². The number of alkyl halides is 3. The van der Waals surface area contributed by atoms with E-state index in [1.807, 2.05) is 0 Å². The second kappa shape index (κ2) is 8.60. The van der Waals surface area contributed by atoms with Gasteiger partial charge in [0.2, 0.25) is 0 Å². The lowest BCUT2D eigenvalue weighted by Crippen LogP contribution is -2.28. The molecule has 0 saturated carbocycles. The fourth-order valence-corrected chi connectivity index (χ4v) is 3.42. The number of nitrogens with zero attached hydrogens (tertiary/aromatic N) is 2. The van der Waals surface area contributed by atoms with Gasteiger partial charge in [-0.05, 0) is 36.6 Å². The molecule has 0 aliphatic carbocycles. The Morgan fingerprint density at radius 2 is 1.89 bits per heavy atom. The molecule has 0 N–H and O–H groups in total. The average molecular weight is 400 g/mol. The van der Waals surface area contributed by atoms with E-state index in [1.54, 1.807) is 0 Å². The van der Waals surface area contributed by atoms with Crippen molar-refractivity contribution < 1.29 is 22.7 Å². The van der Waals surface area contributed by atoms with Crippen molar-refractivity contribution in [2.45, 2.75) is 31.6 Å². The van der Waals surface area contributed by atoms with Crippen LogP contribution in [0.25, 0.3) is 5.69 Å². The zero-order valence-electron chi connectivity index (χ0n) is 15.0. The molecule has 27 heavy (non-hydrogen) atoms. The Kier molecular flexibility index (Phi) is 6.69. The van der Waals surface area contributed by atoms with Crippen LogP contribution in [0.1, 0.15) is 36.2 Å². The van der Waals surface area contributed by atoms with Crippen molar-refractivity contribution in [1.29, 1.82) is 0 Å². The highest BCUT2D eigenvalue weighted by Gasteiger charge is 2.30. The Bertz CT molecular complexity index is 862. The van der Waals surface area contributed by atoms with E-state index in [0.29, 0.717) is 16.8 Å². The minimum Gasteiger partial charge on any atom is -0.465 e. The molecule has 0 unspecified atom stereocenters. The Morgan fingerprint density at radius 1 is 1.26 bits per heavy atom. The zero-order chi connectivity index (χ0) is 20.2. The molecular formula is C18H19F3N2O3S. The van der Waals surface area contributed by atoms with Crippen LogP contribution in [0.5, 0.6) is 0 Å². The highest BCUT2D eigenvalue weighted by molar-refractivity contribution is 7.99. The van der Waals surface area contributed by atoms with E-state index < -0.39 is 23.3 Å². The number of thioether (sulfide) groups is 1. The molecule has 0 aliphatic heterocycles. The molecule has 1 aromatic carbocycles. The lowest BCUT2D eigenvalue weighted by molar-refractivity contribution is -0.137. The number of rotatable bonds is 6. The molecule has 0 saturated heterocycles. The largest absolute Gasteiger partial charge is 0.465 e. The third-order valence-electron chi connectivity index (χ3n) is 3.71. The number of carbonyl (C=O) groups is 1. The number of esters is 1. The Balaban J connectivity index is 2.52. The summed E-state index contributed by atoms with van der Waals surface area (Å²) in [6, 6.07) is 4.13. The maximum atomic E-state index is 12.8. The van der Waals surface area contributed by atoms with Crippen LogP contribution >= 0.6 is 11.8 Å². The molecule has 0 aliphatic rings. The van der Waals surface area contributed by atoms with Crippen LogP contribution in [0.2, 0.25) is 0 Å². The minimum absolute atomic E-state index is 0.193. The van der Waals surface area contributed by atoms with Gasteiger partial charge >= 0.3 is 12.1 Å². The van der Waals surface area contributed by atoms with Gasteiger partial charge in [-0.3, -0.25) is 9.36 Å². The Labute approximate surface area is 158 Å². The number of ether oxygens (including phenoxy) is 1. The monoisotopic (exact) mass is 400 g/mol. The predicted octanol–water partition coefficient (Wildman–Crippen LogP) is 4.18. The van der Waals surface area contributed by atoms with Gasteiger partial charge in [0.25, 0.3) is 5.56 Å². The maximum absolute atomic E-state index is 12.8. The molecule has 5 nitrogen and oxygen atoms in total. The minimum atomic E-state index is -4.48. The summed E-state index contributed by atoms with van der Waals surface area (Å²) in [4.78, 5) is 28.7. The molecule has 0 radical (unpaired) electrons. The van der Waals surface area contributed by atoms with Gasteiger partial charge in [-0.2, -0.15) is 13.2 Å². The maximum Gasteiger partial charge on any atom is 0.416 e. The van der Waals surface area contributed by atoms with Crippen molar-refractivity contribution in [3.05, 3.63) is 51.9 Å². The third-order valence-corrected chi connectivity index (χ3v) is 4.70. The summed E-state index contributed by atoms with van der Waals surface area (Å²) in [7, 11) is 1.13. The number of carbonyl (C=O) groups excluding carboxylic acids is 1. The second-order valence-corrected chi connectivity index (χ2v) is 7.22. The summed E-state index contributed by atoms with van der Waals surface area (Å²) < 4.78 is 44.1. The SMILES string of the molecule is COC(=O)c1cnc(SCCC(C)C)n(-c2ccc(C(F)(F)F)cc2)c1=O. The van der Waals surface area contributed by atoms with Gasteiger partial charge < -0.3 is 4.74 Å². The van der Waals surface area contributed by atoms with Crippen molar-refractivity contribution in [3.63, 3.8) is 0 Å². The summed E-state index contributed by atoms with van der Waals surface area (Å²) in [6.07, 6.45) is -2.48. The van der Waals surface area contributed by atoms with Crippen LogP contribution in [0.3, 0.4) is 0 Å². The van der Waals surface area contributed by atoms with Crippen molar-refractivity contribution in [2.24, 2.45) is 5.92 Å². The van der Waals surface area contributed by atoms with Gasteiger partial charge in [-0.1, -0.05) is 25.6 Å². The van der Waals surface area contributed by atoms with Crippen molar-refractivity contribution >= 4 is 17.7 Å². The van der Waals surface area contributed by atoms with Crippen molar-refractivity contribution in [3.8, 4) is 5.69 Å². The van der Waals surface area contributed by atoms with Crippen molar-refractivity contribution in [2.75, 3.05) is 12.9 Å². The van der Waals surface area contributed by atoms with Crippen LogP contribution in [0.15, 0.2) is 40.4 Å². The average Bonchev–Trinajstić information content (AvgIpc) is 2.60. The number of methoxy groups -OCH3 is 1. The number of hydrogen-bond acceptors (Lipinski definition) is 5. The molecule has 0 atom stereocenters. The molecule has 1 aromatic heterocycles. The first-order valence-corrected chi connectivity index (χ1v) is 9.14. The van der Waals surface area contributed by atoms with Crippen LogP contribution < -0.4 is 5.56 Å². The van der Waals surface area contributed by atoms with E-state index >= 15 is 0 Å². The smallest absolute Gasteiger partial charge is 0.416 e. The van der Waals surface area contributed by atoms with E-state index in [4.69, 9.17) is 0 Å². The molecule has 146 valence electrons. The molecule has 1 heterocycles. The van der Waals surface area contributed by atoms with E-state index in [2.05, 4.69) is 23.6 Å². The molecule has 0 spiro atoms. The lowest BCUT2D eigenvalue weighted by Gasteiger charge is -2.14. The first-order valence-electron chi connectivity index (χ1n) is 8.16. The molecule has 0 bridgehead atoms. The highest BCUT2D eigenvalue weighted by atomic mass is 32.2. The number of aromatic nitrogens is 2. The summed E-state index contributed by atoms with van der Waals surface area (Å²) in [5.74, 6) is 0.257. The van der Waals surface area contributed by atoms with Crippen LogP contribution in [-0.2, 0) is 10.9 Å². The first-order chi connectivity index (χ1) is 12.6. The van der Waals surface area contributed by atoms with Crippen LogP contribution in [-0.4, -0.2) is 28.4 Å². The van der Waals surface area contributed by atoms with Gasteiger partial charge in [-0.15, -0.1) is 0 Å². The molecule has 2 rings (SSSR count). The highest BCUT2D eigenvalue weighted by Crippen LogP contribution is 2.30. The normalized spacial score (nSPS) is 11.7. The quantitative estimate of drug-likeness (QED) is 0.414. The summed E-state index contributed by atoms with van der Waals surface area (Å²) >= 11 is 1.30. The van der Waals surface area contributed by atoms with Gasteiger partial charge in [0.05, 0.1) is 24.6 Å². The van der Waals surface area contributed by atoms with E-state index in [0.717, 1.165) is 36.4 Å². The van der Waals surface area contributed by atoms with Crippen molar-refractivity contribution in [1.82, 2.24) is 9.55 Å². The summed E-state index contributed by atoms with van der Waals surface area (Å²) in [5.41, 5.74) is -1.61. The topological polar surface area (TPSA) is 61.2 Å². The fraction of sp³-hybridized carbons (Fsp3) is 0.389. The zero-order valence-corrected chi connectivity index (χ0v) is 15.9. The molecule has 9 heteroatoms. The third kappa shape index (κ3) is 5.12. The summed E-state index contributed by atoms with van der Waals surface area (Å²) in [5, 5.41) is 0.299. The summed E-state index contributed by atoms with van der Waals surface area (Å²) in [6.45, 7) is 4.11. The van der Waals surface area contributed by atoms with Crippen LogP contribution in [0, 0.1) is 5.92 Å². The first kappa shape index (κ1) is 21.0. The number of halogens is 3. The lowest BCUT2D eigenvalue weighted by atomic mass is 10.2. The van der Waals surface area contributed by atoms with E-state index in [-0.39, 0.29) is 11.3 Å². The molecular weight excluding hydrogens is 381 g/mol. The Morgan fingerprint density at radius 3 is 2.41 bits per heavy atom. The van der Waals surface area contributed by atoms with Gasteiger partial charge in [0, 0.05) is 5.75 Å². The number of benzene rings is 1. The molecule has 2 aromatic rings. The fourth-order valence-electron chi connectivity index (χ4n) is 2.20. The second-order valence-electron chi connectivity index (χ2n) is 6.16. The van der Waals surface area contributed by atoms with E-state index in [1.165, 1.54) is 23.9 Å². The van der Waals surface area contributed by atoms with Gasteiger partial charge in [0.1, 0.15) is 5.56 Å².